The van der Waals surface area contributed by atoms with E-state index in [1.165, 1.54) is 29.5 Å². The third-order valence-corrected chi connectivity index (χ3v) is 6.27. The minimum Gasteiger partial charge on any atom is -0.406 e. The number of thiazole rings is 1. The van der Waals surface area contributed by atoms with Crippen LogP contribution in [-0.4, -0.2) is 49.3 Å². The fourth-order valence-corrected chi connectivity index (χ4v) is 4.71. The maximum absolute atomic E-state index is 13.0. The van der Waals surface area contributed by atoms with E-state index in [4.69, 9.17) is 0 Å². The average molecular weight is 531 g/mol. The minimum absolute atomic E-state index is 0. The van der Waals surface area contributed by atoms with Crippen molar-refractivity contribution in [3.63, 3.8) is 0 Å². The Labute approximate surface area is 187 Å². The van der Waals surface area contributed by atoms with Crippen molar-refractivity contribution in [3.05, 3.63) is 39.0 Å². The van der Waals surface area contributed by atoms with Gasteiger partial charge in [0.05, 0.1) is 18.9 Å². The quantitative estimate of drug-likeness (QED) is 0.413. The molecule has 0 N–H and O–H groups in total. The molecule has 2 aromatic heterocycles. The van der Waals surface area contributed by atoms with Gasteiger partial charge in [-0.15, -0.1) is 36.9 Å². The van der Waals surface area contributed by atoms with E-state index < -0.39 is 6.36 Å². The van der Waals surface area contributed by atoms with Gasteiger partial charge in [-0.2, -0.15) is 0 Å². The lowest BCUT2D eigenvalue weighted by Crippen LogP contribution is -2.36. The standard InChI is InChI=1S/C17H15BrF3N3O2S2.ClH/c1-23(2)7-8-24(15(25)12-5-6-14(18)27-12)16-22-11-4-3-10(9-13(11)28-16)26-17(19,20)21;/h3-6,9H,7-8H2,1-2H3;1H. The van der Waals surface area contributed by atoms with Gasteiger partial charge in [0, 0.05) is 19.2 Å². The van der Waals surface area contributed by atoms with Gasteiger partial charge in [0.25, 0.3) is 5.91 Å². The normalized spacial score (nSPS) is 11.6. The third kappa shape index (κ3) is 6.29. The second kappa shape index (κ2) is 9.61. The first-order chi connectivity index (χ1) is 13.1. The molecule has 5 nitrogen and oxygen atoms in total. The van der Waals surface area contributed by atoms with Crippen molar-refractivity contribution in [2.45, 2.75) is 6.36 Å². The van der Waals surface area contributed by atoms with Crippen molar-refractivity contribution >= 4 is 72.3 Å². The van der Waals surface area contributed by atoms with Crippen LogP contribution >= 0.6 is 51.0 Å². The molecule has 3 aromatic rings. The van der Waals surface area contributed by atoms with Crippen molar-refractivity contribution in [2.24, 2.45) is 0 Å². The van der Waals surface area contributed by atoms with Crippen molar-refractivity contribution < 1.29 is 22.7 Å². The Bertz CT molecular complexity index is 994. The van der Waals surface area contributed by atoms with E-state index in [0.29, 0.717) is 33.3 Å². The van der Waals surface area contributed by atoms with Gasteiger partial charge in [0.15, 0.2) is 5.13 Å². The van der Waals surface area contributed by atoms with E-state index in [1.54, 1.807) is 17.0 Å². The summed E-state index contributed by atoms with van der Waals surface area (Å²) in [6.07, 6.45) is -4.76. The predicted octanol–water partition coefficient (Wildman–Crippen LogP) is 5.65. The predicted molar refractivity (Wildman–Crippen MR) is 116 cm³/mol. The fraction of sp³-hybridized carbons (Fsp3) is 0.294. The van der Waals surface area contributed by atoms with Crippen LogP contribution in [0.2, 0.25) is 0 Å². The number of carbonyl (C=O) groups is 1. The number of likely N-dealkylation sites (N-methyl/N-ethyl adjacent to an activating group) is 1. The highest BCUT2D eigenvalue weighted by Crippen LogP contribution is 2.34. The molecule has 0 radical (unpaired) electrons. The van der Waals surface area contributed by atoms with Crippen molar-refractivity contribution in [1.82, 2.24) is 9.88 Å². The number of carbonyl (C=O) groups excluding carboxylic acids is 1. The van der Waals surface area contributed by atoms with Crippen molar-refractivity contribution in [2.75, 3.05) is 32.1 Å². The van der Waals surface area contributed by atoms with E-state index >= 15 is 0 Å². The van der Waals surface area contributed by atoms with Gasteiger partial charge in [-0.1, -0.05) is 11.3 Å². The summed E-state index contributed by atoms with van der Waals surface area (Å²) in [6, 6.07) is 7.46. The summed E-state index contributed by atoms with van der Waals surface area (Å²) in [6.45, 7) is 1.00. The number of fused-ring (bicyclic) bond motifs is 1. The number of benzene rings is 1. The summed E-state index contributed by atoms with van der Waals surface area (Å²) in [5.74, 6) is -0.521. The first-order valence-corrected chi connectivity index (χ1v) is 10.4. The summed E-state index contributed by atoms with van der Waals surface area (Å²) in [4.78, 5) is 21.5. The molecule has 0 spiro atoms. The second-order valence-electron chi connectivity index (χ2n) is 6.04. The van der Waals surface area contributed by atoms with Gasteiger partial charge in [0.2, 0.25) is 0 Å². The molecular weight excluding hydrogens is 515 g/mol. The zero-order valence-corrected chi connectivity index (χ0v) is 19.2. The number of nitrogens with zero attached hydrogens (tertiary/aromatic N) is 3. The molecule has 0 aliphatic rings. The van der Waals surface area contributed by atoms with E-state index in [2.05, 4.69) is 25.7 Å². The molecule has 0 aliphatic heterocycles. The average Bonchev–Trinajstić information content (AvgIpc) is 3.18. The molecule has 0 bridgehead atoms. The number of thiophene rings is 1. The van der Waals surface area contributed by atoms with Crippen LogP contribution in [0.15, 0.2) is 34.1 Å². The topological polar surface area (TPSA) is 45.7 Å². The lowest BCUT2D eigenvalue weighted by atomic mass is 10.3. The molecule has 3 rings (SSSR count). The molecule has 0 atom stereocenters. The van der Waals surface area contributed by atoms with Gasteiger partial charge < -0.3 is 9.64 Å². The summed E-state index contributed by atoms with van der Waals surface area (Å²) in [5, 5.41) is 0.426. The molecule has 0 aliphatic carbocycles. The van der Waals surface area contributed by atoms with Crippen LogP contribution < -0.4 is 9.64 Å². The largest absolute Gasteiger partial charge is 0.573 e. The lowest BCUT2D eigenvalue weighted by molar-refractivity contribution is -0.274. The van der Waals surface area contributed by atoms with E-state index in [9.17, 15) is 18.0 Å². The highest BCUT2D eigenvalue weighted by Gasteiger charge is 2.31. The Hall–Kier alpha value is -1.40. The van der Waals surface area contributed by atoms with Gasteiger partial charge >= 0.3 is 6.36 Å². The zero-order valence-electron chi connectivity index (χ0n) is 15.2. The molecule has 158 valence electrons. The second-order valence-corrected chi connectivity index (χ2v) is 9.51. The van der Waals surface area contributed by atoms with Crippen LogP contribution in [0.5, 0.6) is 5.75 Å². The summed E-state index contributed by atoms with van der Waals surface area (Å²) in [7, 11) is 3.78. The first kappa shape index (κ1) is 23.9. The zero-order chi connectivity index (χ0) is 20.5. The Morgan fingerprint density at radius 2 is 1.90 bits per heavy atom. The summed E-state index contributed by atoms with van der Waals surface area (Å²) >= 11 is 5.81. The SMILES string of the molecule is CN(C)CCN(C(=O)c1ccc(Br)s1)c1nc2ccc(OC(F)(F)F)cc2s1.Cl. The number of rotatable bonds is 6. The van der Waals surface area contributed by atoms with E-state index in [-0.39, 0.29) is 24.1 Å². The molecule has 29 heavy (non-hydrogen) atoms. The highest BCUT2D eigenvalue weighted by atomic mass is 79.9. The monoisotopic (exact) mass is 529 g/mol. The molecule has 2 heterocycles. The third-order valence-electron chi connectivity index (χ3n) is 3.61. The number of hydrogen-bond acceptors (Lipinski definition) is 6. The molecule has 1 aromatic carbocycles. The van der Waals surface area contributed by atoms with Crippen LogP contribution in [-0.2, 0) is 0 Å². The van der Waals surface area contributed by atoms with Crippen LogP contribution in [0, 0.1) is 0 Å². The molecule has 0 fully saturated rings. The van der Waals surface area contributed by atoms with Crippen LogP contribution in [0.4, 0.5) is 18.3 Å². The number of amides is 1. The number of anilines is 1. The Balaban J connectivity index is 0.00000300. The molecular formula is C17H16BrClF3N3O2S2. The van der Waals surface area contributed by atoms with Gasteiger partial charge in [-0.25, -0.2) is 4.98 Å². The lowest BCUT2D eigenvalue weighted by Gasteiger charge is -2.21. The number of aromatic nitrogens is 1. The minimum atomic E-state index is -4.76. The molecule has 0 unspecified atom stereocenters. The Kier molecular flexibility index (Phi) is 7.91. The van der Waals surface area contributed by atoms with Crippen LogP contribution in [0.3, 0.4) is 0 Å². The summed E-state index contributed by atoms with van der Waals surface area (Å²) < 4.78 is 42.7. The van der Waals surface area contributed by atoms with Crippen molar-refractivity contribution in [1.29, 1.82) is 0 Å². The fourth-order valence-electron chi connectivity index (χ4n) is 2.35. The Morgan fingerprint density at radius 1 is 1.17 bits per heavy atom. The molecule has 12 heteroatoms. The van der Waals surface area contributed by atoms with Gasteiger partial charge in [-0.3, -0.25) is 9.69 Å². The number of alkyl halides is 3. The number of halogens is 5. The van der Waals surface area contributed by atoms with E-state index in [0.717, 1.165) is 15.1 Å². The Morgan fingerprint density at radius 3 is 2.48 bits per heavy atom. The first-order valence-electron chi connectivity index (χ1n) is 8.00. The van der Waals surface area contributed by atoms with Crippen molar-refractivity contribution in [3.8, 4) is 5.75 Å². The van der Waals surface area contributed by atoms with Gasteiger partial charge in [-0.05, 0) is 54.3 Å². The maximum atomic E-state index is 13.0. The number of ether oxygens (including phenoxy) is 1. The van der Waals surface area contributed by atoms with Crippen LogP contribution in [0.1, 0.15) is 9.67 Å². The smallest absolute Gasteiger partial charge is 0.406 e. The van der Waals surface area contributed by atoms with Crippen LogP contribution in [0.25, 0.3) is 10.2 Å². The van der Waals surface area contributed by atoms with E-state index in [1.807, 2.05) is 19.0 Å². The molecule has 1 amide bonds. The molecule has 0 saturated heterocycles. The highest BCUT2D eigenvalue weighted by molar-refractivity contribution is 9.11. The summed E-state index contributed by atoms with van der Waals surface area (Å²) in [5.41, 5.74) is 0.504. The molecule has 0 saturated carbocycles. The number of hydrogen-bond donors (Lipinski definition) is 0. The maximum Gasteiger partial charge on any atom is 0.573 e. The van der Waals surface area contributed by atoms with Gasteiger partial charge in [0.1, 0.15) is 5.75 Å².